The summed E-state index contributed by atoms with van der Waals surface area (Å²) in [5.41, 5.74) is 0.363. The molecule has 1 rings (SSSR count). The number of carboxylic acids is 1. The molecule has 0 heterocycles. The largest absolute Gasteiger partial charge is 0.492 e. The molecule has 1 amide bonds. The van der Waals surface area contributed by atoms with E-state index in [1.807, 2.05) is 0 Å². The smallest absolute Gasteiger partial charge is 0.315 e. The summed E-state index contributed by atoms with van der Waals surface area (Å²) >= 11 is 5.82. The molecule has 0 aliphatic heterocycles. The predicted octanol–water partition coefficient (Wildman–Crippen LogP) is 2.40. The summed E-state index contributed by atoms with van der Waals surface area (Å²) in [7, 11) is 0. The number of aliphatic carboxylic acids is 1. The number of carbonyl (C=O) groups excluding carboxylic acids is 1. The SMILES string of the molecule is CCOc1ccc(Cl)cc1NC(=O)C(C)C(=O)O. The molecule has 1 aromatic carbocycles. The molecule has 0 spiro atoms. The van der Waals surface area contributed by atoms with Gasteiger partial charge in [-0.25, -0.2) is 0 Å². The lowest BCUT2D eigenvalue weighted by atomic mass is 10.1. The first-order chi connectivity index (χ1) is 8.45. The Kier molecular flexibility index (Phi) is 4.97. The van der Waals surface area contributed by atoms with Crippen molar-refractivity contribution in [3.63, 3.8) is 0 Å². The van der Waals surface area contributed by atoms with Gasteiger partial charge in [-0.3, -0.25) is 9.59 Å². The molecule has 0 fully saturated rings. The first kappa shape index (κ1) is 14.3. The van der Waals surface area contributed by atoms with Crippen LogP contribution in [-0.2, 0) is 9.59 Å². The number of anilines is 1. The summed E-state index contributed by atoms with van der Waals surface area (Å²) in [4.78, 5) is 22.3. The number of carbonyl (C=O) groups is 2. The van der Waals surface area contributed by atoms with Crippen LogP contribution in [0.1, 0.15) is 13.8 Å². The lowest BCUT2D eigenvalue weighted by Crippen LogP contribution is -2.27. The highest BCUT2D eigenvalue weighted by molar-refractivity contribution is 6.31. The van der Waals surface area contributed by atoms with Crippen LogP contribution in [0.2, 0.25) is 5.02 Å². The number of ether oxygens (including phenoxy) is 1. The summed E-state index contributed by atoms with van der Waals surface area (Å²) in [6.45, 7) is 3.54. The van der Waals surface area contributed by atoms with Crippen molar-refractivity contribution in [1.82, 2.24) is 0 Å². The van der Waals surface area contributed by atoms with E-state index in [9.17, 15) is 9.59 Å². The topological polar surface area (TPSA) is 75.6 Å². The van der Waals surface area contributed by atoms with Crippen molar-refractivity contribution in [3.05, 3.63) is 23.2 Å². The van der Waals surface area contributed by atoms with Crippen molar-refractivity contribution in [3.8, 4) is 5.75 Å². The van der Waals surface area contributed by atoms with Crippen LogP contribution >= 0.6 is 11.6 Å². The van der Waals surface area contributed by atoms with Gasteiger partial charge in [0.15, 0.2) is 0 Å². The standard InChI is InChI=1S/C12H14ClNO4/c1-3-18-10-5-4-8(13)6-9(10)14-11(15)7(2)12(16)17/h4-7H,3H2,1-2H3,(H,14,15)(H,16,17). The van der Waals surface area contributed by atoms with E-state index in [1.54, 1.807) is 19.1 Å². The Hall–Kier alpha value is -1.75. The fraction of sp³-hybridized carbons (Fsp3) is 0.333. The van der Waals surface area contributed by atoms with E-state index in [-0.39, 0.29) is 0 Å². The maximum atomic E-state index is 11.6. The number of amides is 1. The molecule has 1 atom stereocenters. The fourth-order valence-corrected chi connectivity index (χ4v) is 1.41. The van der Waals surface area contributed by atoms with E-state index in [2.05, 4.69) is 5.32 Å². The molecular weight excluding hydrogens is 258 g/mol. The third-order valence-corrected chi connectivity index (χ3v) is 2.50. The first-order valence-electron chi connectivity index (χ1n) is 5.41. The number of rotatable bonds is 5. The molecule has 0 aromatic heterocycles. The van der Waals surface area contributed by atoms with Gasteiger partial charge in [0.2, 0.25) is 5.91 Å². The maximum Gasteiger partial charge on any atom is 0.315 e. The number of nitrogens with one attached hydrogen (secondary N) is 1. The molecule has 1 aromatic rings. The van der Waals surface area contributed by atoms with E-state index < -0.39 is 17.8 Å². The lowest BCUT2D eigenvalue weighted by Gasteiger charge is -2.13. The van der Waals surface area contributed by atoms with Crippen molar-refractivity contribution in [2.45, 2.75) is 13.8 Å². The van der Waals surface area contributed by atoms with Crippen LogP contribution in [-0.4, -0.2) is 23.6 Å². The number of halogens is 1. The number of carboxylic acid groups (broad SMARTS) is 1. The number of hydrogen-bond acceptors (Lipinski definition) is 3. The zero-order valence-corrected chi connectivity index (χ0v) is 10.8. The van der Waals surface area contributed by atoms with Gasteiger partial charge in [0.25, 0.3) is 0 Å². The molecular formula is C12H14ClNO4. The maximum absolute atomic E-state index is 11.6. The Balaban J connectivity index is 2.91. The first-order valence-corrected chi connectivity index (χ1v) is 5.79. The highest BCUT2D eigenvalue weighted by atomic mass is 35.5. The normalized spacial score (nSPS) is 11.7. The van der Waals surface area contributed by atoms with Crippen molar-refractivity contribution in [2.24, 2.45) is 5.92 Å². The molecule has 98 valence electrons. The third-order valence-electron chi connectivity index (χ3n) is 2.26. The van der Waals surface area contributed by atoms with Gasteiger partial charge in [-0.2, -0.15) is 0 Å². The van der Waals surface area contributed by atoms with Crippen LogP contribution in [0.4, 0.5) is 5.69 Å². The number of benzene rings is 1. The summed E-state index contributed by atoms with van der Waals surface area (Å²) in [6, 6.07) is 4.76. The van der Waals surface area contributed by atoms with E-state index in [0.717, 1.165) is 0 Å². The third kappa shape index (κ3) is 3.63. The van der Waals surface area contributed by atoms with Gasteiger partial charge in [0.1, 0.15) is 11.7 Å². The Morgan fingerprint density at radius 1 is 1.50 bits per heavy atom. The van der Waals surface area contributed by atoms with Crippen molar-refractivity contribution in [2.75, 3.05) is 11.9 Å². The second kappa shape index (κ2) is 6.26. The number of hydrogen-bond donors (Lipinski definition) is 2. The van der Waals surface area contributed by atoms with Crippen LogP contribution in [0.3, 0.4) is 0 Å². The van der Waals surface area contributed by atoms with Gasteiger partial charge in [0, 0.05) is 5.02 Å². The molecule has 0 aliphatic rings. The van der Waals surface area contributed by atoms with E-state index in [1.165, 1.54) is 13.0 Å². The Morgan fingerprint density at radius 3 is 2.72 bits per heavy atom. The monoisotopic (exact) mass is 271 g/mol. The van der Waals surface area contributed by atoms with Crippen LogP contribution in [0.5, 0.6) is 5.75 Å². The minimum absolute atomic E-state index is 0.363. The molecule has 0 bridgehead atoms. The molecule has 0 saturated heterocycles. The summed E-state index contributed by atoms with van der Waals surface area (Å²) in [5.74, 6) is -2.50. The second-order valence-corrected chi connectivity index (χ2v) is 4.06. The second-order valence-electron chi connectivity index (χ2n) is 3.62. The van der Waals surface area contributed by atoms with Crippen molar-refractivity contribution >= 4 is 29.2 Å². The molecule has 0 saturated carbocycles. The van der Waals surface area contributed by atoms with Gasteiger partial charge in [0.05, 0.1) is 12.3 Å². The van der Waals surface area contributed by atoms with Crippen molar-refractivity contribution < 1.29 is 19.4 Å². The van der Waals surface area contributed by atoms with Gasteiger partial charge < -0.3 is 15.2 Å². The van der Waals surface area contributed by atoms with E-state index in [4.69, 9.17) is 21.4 Å². The molecule has 5 nitrogen and oxygen atoms in total. The predicted molar refractivity (Wildman–Crippen MR) is 68.1 cm³/mol. The van der Waals surface area contributed by atoms with Crippen molar-refractivity contribution in [1.29, 1.82) is 0 Å². The van der Waals surface area contributed by atoms with Crippen LogP contribution < -0.4 is 10.1 Å². The highest BCUT2D eigenvalue weighted by Gasteiger charge is 2.21. The van der Waals surface area contributed by atoms with E-state index >= 15 is 0 Å². The molecule has 18 heavy (non-hydrogen) atoms. The zero-order valence-electron chi connectivity index (χ0n) is 10.1. The Morgan fingerprint density at radius 2 is 2.17 bits per heavy atom. The summed E-state index contributed by atoms with van der Waals surface area (Å²) < 4.78 is 5.31. The van der Waals surface area contributed by atoms with E-state index in [0.29, 0.717) is 23.1 Å². The summed E-state index contributed by atoms with van der Waals surface area (Å²) in [5, 5.41) is 11.7. The fourth-order valence-electron chi connectivity index (χ4n) is 1.23. The molecule has 1 unspecified atom stereocenters. The Bertz CT molecular complexity index is 461. The van der Waals surface area contributed by atoms with Gasteiger partial charge in [-0.1, -0.05) is 11.6 Å². The van der Waals surface area contributed by atoms with Gasteiger partial charge >= 0.3 is 5.97 Å². The van der Waals surface area contributed by atoms with Gasteiger partial charge in [-0.15, -0.1) is 0 Å². The molecule has 6 heteroatoms. The Labute approximate surface area is 110 Å². The zero-order chi connectivity index (χ0) is 13.7. The molecule has 0 aliphatic carbocycles. The lowest BCUT2D eigenvalue weighted by molar-refractivity contribution is -0.144. The summed E-state index contributed by atoms with van der Waals surface area (Å²) in [6.07, 6.45) is 0. The molecule has 0 radical (unpaired) electrons. The average molecular weight is 272 g/mol. The average Bonchev–Trinajstić information content (AvgIpc) is 2.31. The van der Waals surface area contributed by atoms with Gasteiger partial charge in [-0.05, 0) is 32.0 Å². The van der Waals surface area contributed by atoms with Crippen LogP contribution in [0, 0.1) is 5.92 Å². The quantitative estimate of drug-likeness (QED) is 0.807. The van der Waals surface area contributed by atoms with Crippen LogP contribution in [0.15, 0.2) is 18.2 Å². The highest BCUT2D eigenvalue weighted by Crippen LogP contribution is 2.28. The molecule has 2 N–H and O–H groups in total. The minimum Gasteiger partial charge on any atom is -0.492 e. The van der Waals surface area contributed by atoms with Crippen LogP contribution in [0.25, 0.3) is 0 Å². The minimum atomic E-state index is -1.19.